The lowest BCUT2D eigenvalue weighted by molar-refractivity contribution is 0.935. The van der Waals surface area contributed by atoms with Gasteiger partial charge in [-0.3, -0.25) is 9.67 Å². The fraction of sp³-hybridized carbons (Fsp3) is 0.231. The van der Waals surface area contributed by atoms with Crippen LogP contribution in [-0.4, -0.2) is 29.9 Å². The highest BCUT2D eigenvalue weighted by molar-refractivity contribution is 5.58. The summed E-state index contributed by atoms with van der Waals surface area (Å²) in [5.41, 5.74) is 2.00. The number of H-pyrrole nitrogens is 1. The molecule has 94 valence electrons. The van der Waals surface area contributed by atoms with Gasteiger partial charge in [0.2, 0.25) is 0 Å². The highest BCUT2D eigenvalue weighted by Crippen LogP contribution is 2.38. The summed E-state index contributed by atoms with van der Waals surface area (Å²) in [5, 5.41) is 14.9. The first-order valence-corrected chi connectivity index (χ1v) is 6.28. The van der Waals surface area contributed by atoms with Crippen LogP contribution in [-0.2, 0) is 0 Å². The Kier molecular flexibility index (Phi) is 2.20. The summed E-state index contributed by atoms with van der Waals surface area (Å²) in [6, 6.07) is 8.02. The zero-order valence-electron chi connectivity index (χ0n) is 10.2. The van der Waals surface area contributed by atoms with Gasteiger partial charge in [-0.2, -0.15) is 5.10 Å². The average Bonchev–Trinajstić information content (AvgIpc) is 2.97. The monoisotopic (exact) mass is 252 g/mol. The normalized spacial score (nSPS) is 14.7. The van der Waals surface area contributed by atoms with Gasteiger partial charge in [0.1, 0.15) is 18.5 Å². The molecule has 6 heteroatoms. The molecule has 1 aliphatic rings. The van der Waals surface area contributed by atoms with E-state index in [2.05, 4.69) is 25.4 Å². The van der Waals surface area contributed by atoms with Crippen LogP contribution >= 0.6 is 0 Å². The second kappa shape index (κ2) is 4.01. The maximum absolute atomic E-state index is 4.56. The summed E-state index contributed by atoms with van der Waals surface area (Å²) in [6.07, 6.45) is 5.78. The zero-order valence-corrected chi connectivity index (χ0v) is 10.2. The molecule has 4 rings (SSSR count). The summed E-state index contributed by atoms with van der Waals surface area (Å²) < 4.78 is 1.86. The molecule has 1 aliphatic carbocycles. The summed E-state index contributed by atoms with van der Waals surface area (Å²) in [7, 11) is 0. The molecule has 0 atom stereocenters. The van der Waals surface area contributed by atoms with Gasteiger partial charge in [-0.05, 0) is 25.0 Å². The van der Waals surface area contributed by atoms with Gasteiger partial charge in [0.25, 0.3) is 0 Å². The maximum Gasteiger partial charge on any atom is 0.181 e. The number of nitrogens with zero attached hydrogens (tertiary/aromatic N) is 5. The number of nitrogens with one attached hydrogen (secondary N) is 1. The minimum absolute atomic E-state index is 0.585. The van der Waals surface area contributed by atoms with Gasteiger partial charge >= 0.3 is 0 Å². The van der Waals surface area contributed by atoms with E-state index in [0.29, 0.717) is 5.92 Å². The van der Waals surface area contributed by atoms with Crippen molar-refractivity contribution in [3.63, 3.8) is 0 Å². The second-order valence-electron chi connectivity index (χ2n) is 4.74. The molecular formula is C13H12N6. The number of hydrogen-bond acceptors (Lipinski definition) is 4. The topological polar surface area (TPSA) is 72.3 Å². The summed E-state index contributed by atoms with van der Waals surface area (Å²) in [5.74, 6) is 2.34. The molecule has 0 saturated heterocycles. The van der Waals surface area contributed by atoms with Gasteiger partial charge in [0.05, 0.1) is 0 Å². The molecule has 0 bridgehead atoms. The summed E-state index contributed by atoms with van der Waals surface area (Å²) in [6.45, 7) is 0. The lowest BCUT2D eigenvalue weighted by Crippen LogP contribution is -1.91. The van der Waals surface area contributed by atoms with Crippen LogP contribution in [0.4, 0.5) is 0 Å². The minimum atomic E-state index is 0.585. The summed E-state index contributed by atoms with van der Waals surface area (Å²) in [4.78, 5) is 4.56. The van der Waals surface area contributed by atoms with E-state index in [4.69, 9.17) is 0 Å². The molecule has 0 amide bonds. The van der Waals surface area contributed by atoms with Gasteiger partial charge in [-0.15, -0.1) is 10.2 Å². The average molecular weight is 252 g/mol. The van der Waals surface area contributed by atoms with Crippen LogP contribution in [0.25, 0.3) is 17.1 Å². The Bertz CT molecular complexity index is 696. The van der Waals surface area contributed by atoms with Crippen molar-refractivity contribution in [3.05, 3.63) is 42.7 Å². The fourth-order valence-electron chi connectivity index (χ4n) is 2.08. The Labute approximate surface area is 109 Å². The fourth-order valence-corrected chi connectivity index (χ4v) is 2.08. The molecular weight excluding hydrogens is 240 g/mol. The van der Waals surface area contributed by atoms with Crippen LogP contribution in [0.1, 0.15) is 24.6 Å². The molecule has 1 N–H and O–H groups in total. The van der Waals surface area contributed by atoms with E-state index in [9.17, 15) is 0 Å². The Morgan fingerprint density at radius 2 is 2.00 bits per heavy atom. The van der Waals surface area contributed by atoms with Crippen molar-refractivity contribution in [1.29, 1.82) is 0 Å². The number of rotatable bonds is 3. The largest absolute Gasteiger partial charge is 0.288 e. The van der Waals surface area contributed by atoms with Crippen LogP contribution in [0.5, 0.6) is 0 Å². The van der Waals surface area contributed by atoms with E-state index in [-0.39, 0.29) is 0 Å². The highest BCUT2D eigenvalue weighted by atomic mass is 15.2. The minimum Gasteiger partial charge on any atom is -0.288 e. The van der Waals surface area contributed by atoms with Gasteiger partial charge in [0, 0.05) is 17.2 Å². The molecule has 0 unspecified atom stereocenters. The molecule has 2 heterocycles. The van der Waals surface area contributed by atoms with Gasteiger partial charge < -0.3 is 0 Å². The molecule has 0 radical (unpaired) electrons. The van der Waals surface area contributed by atoms with Crippen LogP contribution in [0.15, 0.2) is 36.9 Å². The lowest BCUT2D eigenvalue weighted by atomic mass is 10.2. The van der Waals surface area contributed by atoms with Crippen molar-refractivity contribution in [1.82, 2.24) is 29.9 Å². The van der Waals surface area contributed by atoms with Gasteiger partial charge in [-0.25, -0.2) is 4.98 Å². The van der Waals surface area contributed by atoms with E-state index in [0.717, 1.165) is 22.9 Å². The second-order valence-corrected chi connectivity index (χ2v) is 4.74. The van der Waals surface area contributed by atoms with Gasteiger partial charge in [0.15, 0.2) is 5.82 Å². The Morgan fingerprint density at radius 1 is 1.16 bits per heavy atom. The molecule has 0 spiro atoms. The molecule has 3 aromatic rings. The van der Waals surface area contributed by atoms with Crippen molar-refractivity contribution in [2.75, 3.05) is 0 Å². The molecule has 6 nitrogen and oxygen atoms in total. The smallest absolute Gasteiger partial charge is 0.181 e. The summed E-state index contributed by atoms with van der Waals surface area (Å²) >= 11 is 0. The van der Waals surface area contributed by atoms with Crippen molar-refractivity contribution in [2.45, 2.75) is 18.8 Å². The maximum atomic E-state index is 4.56. The third-order valence-electron chi connectivity index (χ3n) is 3.29. The van der Waals surface area contributed by atoms with Crippen LogP contribution in [0.2, 0.25) is 0 Å². The predicted octanol–water partition coefficient (Wildman–Crippen LogP) is 1.93. The van der Waals surface area contributed by atoms with E-state index in [1.54, 1.807) is 12.7 Å². The Morgan fingerprint density at radius 3 is 2.79 bits per heavy atom. The van der Waals surface area contributed by atoms with E-state index < -0.39 is 0 Å². The van der Waals surface area contributed by atoms with Gasteiger partial charge in [-0.1, -0.05) is 12.1 Å². The molecule has 1 fully saturated rings. The Hall–Kier alpha value is -2.50. The molecule has 1 aromatic carbocycles. The van der Waals surface area contributed by atoms with Crippen LogP contribution < -0.4 is 0 Å². The van der Waals surface area contributed by atoms with E-state index >= 15 is 0 Å². The Balaban J connectivity index is 1.72. The predicted molar refractivity (Wildman–Crippen MR) is 68.7 cm³/mol. The number of aromatic nitrogens is 6. The van der Waals surface area contributed by atoms with E-state index in [1.807, 2.05) is 28.8 Å². The number of benzene rings is 1. The number of hydrogen-bond donors (Lipinski definition) is 1. The molecule has 2 aromatic heterocycles. The standard InChI is InChI=1S/C13H12N6/c1-2-10(6-11(3-1)19-7-14-15-8-19)13-16-12(17-18-13)9-4-5-9/h1-3,6-9H,4-5H2,(H,16,17,18). The van der Waals surface area contributed by atoms with Crippen molar-refractivity contribution >= 4 is 0 Å². The quantitative estimate of drug-likeness (QED) is 0.773. The first-order valence-electron chi connectivity index (χ1n) is 6.28. The molecule has 1 saturated carbocycles. The highest BCUT2D eigenvalue weighted by Gasteiger charge is 2.27. The lowest BCUT2D eigenvalue weighted by Gasteiger charge is -2.02. The van der Waals surface area contributed by atoms with Crippen molar-refractivity contribution < 1.29 is 0 Å². The van der Waals surface area contributed by atoms with E-state index in [1.165, 1.54) is 12.8 Å². The third-order valence-corrected chi connectivity index (χ3v) is 3.29. The molecule has 0 aliphatic heterocycles. The van der Waals surface area contributed by atoms with Crippen molar-refractivity contribution in [3.8, 4) is 17.1 Å². The SMILES string of the molecule is c1cc(-c2n[nH]c(C3CC3)n2)cc(-n2cnnc2)c1. The number of aromatic amines is 1. The third kappa shape index (κ3) is 1.91. The first-order chi connectivity index (χ1) is 9.40. The van der Waals surface area contributed by atoms with Crippen LogP contribution in [0, 0.1) is 0 Å². The van der Waals surface area contributed by atoms with Crippen molar-refractivity contribution in [2.24, 2.45) is 0 Å². The zero-order chi connectivity index (χ0) is 12.7. The first kappa shape index (κ1) is 10.4. The molecule has 19 heavy (non-hydrogen) atoms. The van der Waals surface area contributed by atoms with Crippen LogP contribution in [0.3, 0.4) is 0 Å².